The molecule has 122 valence electrons. The quantitative estimate of drug-likeness (QED) is 0.829. The number of hydrogen-bond acceptors (Lipinski definition) is 5. The largest absolute Gasteiger partial charge is 0.462 e. The number of hydrogen-bond donors (Lipinski definition) is 1. The molecule has 0 saturated heterocycles. The Kier molecular flexibility index (Phi) is 5.62. The number of halogens is 1. The average Bonchev–Trinajstić information content (AvgIpc) is 2.56. The third-order valence-corrected chi connectivity index (χ3v) is 3.46. The second-order valence-electron chi connectivity index (χ2n) is 5.19. The van der Waals surface area contributed by atoms with Crippen molar-refractivity contribution in [3.05, 3.63) is 53.1 Å². The molecule has 2 rings (SSSR count). The van der Waals surface area contributed by atoms with E-state index < -0.39 is 5.97 Å². The smallest absolute Gasteiger partial charge is 0.341 e. The molecule has 23 heavy (non-hydrogen) atoms. The fourth-order valence-corrected chi connectivity index (χ4v) is 2.33. The molecule has 0 aliphatic heterocycles. The van der Waals surface area contributed by atoms with Gasteiger partial charge in [-0.15, -0.1) is 0 Å². The van der Waals surface area contributed by atoms with Gasteiger partial charge in [0.15, 0.2) is 0 Å². The van der Waals surface area contributed by atoms with E-state index in [1.165, 1.54) is 18.3 Å². The molecule has 0 bridgehead atoms. The Balaban J connectivity index is 2.30. The molecular weight excluding hydrogens is 297 g/mol. The molecule has 1 unspecified atom stereocenters. The molecule has 6 heteroatoms. The van der Waals surface area contributed by atoms with Crippen LogP contribution in [0.4, 0.5) is 10.3 Å². The summed E-state index contributed by atoms with van der Waals surface area (Å²) in [6, 6.07) is 6.31. The molecule has 1 aromatic carbocycles. The predicted octanol–water partition coefficient (Wildman–Crippen LogP) is 3.18. The summed E-state index contributed by atoms with van der Waals surface area (Å²) >= 11 is 0. The minimum absolute atomic E-state index is 0.0463. The second kappa shape index (κ2) is 7.67. The Labute approximate surface area is 134 Å². The van der Waals surface area contributed by atoms with Gasteiger partial charge in [0.25, 0.3) is 0 Å². The summed E-state index contributed by atoms with van der Waals surface area (Å²) < 4.78 is 18.1. The molecule has 0 aliphatic carbocycles. The zero-order chi connectivity index (χ0) is 16.8. The number of benzene rings is 1. The highest BCUT2D eigenvalue weighted by Crippen LogP contribution is 2.23. The summed E-state index contributed by atoms with van der Waals surface area (Å²) in [7, 11) is 1.72. The maximum atomic E-state index is 13.0. The van der Waals surface area contributed by atoms with Gasteiger partial charge < -0.3 is 10.1 Å². The minimum Gasteiger partial charge on any atom is -0.462 e. The Morgan fingerprint density at radius 1 is 1.35 bits per heavy atom. The minimum atomic E-state index is -0.434. The van der Waals surface area contributed by atoms with Crippen molar-refractivity contribution in [2.24, 2.45) is 0 Å². The molecule has 1 atom stereocenters. The van der Waals surface area contributed by atoms with Crippen LogP contribution in [0, 0.1) is 5.82 Å². The van der Waals surface area contributed by atoms with Crippen LogP contribution < -0.4 is 5.32 Å². The SMILES string of the molecule is CCOC(=O)c1cnc(NC)nc1C(C)Cc1ccc(F)cc1. The van der Waals surface area contributed by atoms with Gasteiger partial charge >= 0.3 is 5.97 Å². The first-order valence-electron chi connectivity index (χ1n) is 7.51. The van der Waals surface area contributed by atoms with Crippen LogP contribution in [0.15, 0.2) is 30.5 Å². The highest BCUT2D eigenvalue weighted by Gasteiger charge is 2.20. The number of nitrogens with zero attached hydrogens (tertiary/aromatic N) is 2. The first-order valence-corrected chi connectivity index (χ1v) is 7.51. The molecule has 0 amide bonds. The molecule has 0 aliphatic rings. The Morgan fingerprint density at radius 2 is 2.04 bits per heavy atom. The molecule has 0 fully saturated rings. The molecule has 0 saturated carbocycles. The number of anilines is 1. The third-order valence-electron chi connectivity index (χ3n) is 3.46. The topological polar surface area (TPSA) is 64.1 Å². The van der Waals surface area contributed by atoms with Crippen molar-refractivity contribution >= 4 is 11.9 Å². The van der Waals surface area contributed by atoms with Crippen LogP contribution in [0.2, 0.25) is 0 Å². The molecule has 0 spiro atoms. The van der Waals surface area contributed by atoms with Crippen LogP contribution in [0.25, 0.3) is 0 Å². The van der Waals surface area contributed by atoms with Gasteiger partial charge in [0.2, 0.25) is 5.95 Å². The number of nitrogens with one attached hydrogen (secondary N) is 1. The fraction of sp³-hybridized carbons (Fsp3) is 0.353. The van der Waals surface area contributed by atoms with Gasteiger partial charge in [-0.25, -0.2) is 19.2 Å². The molecular formula is C17H20FN3O2. The number of aromatic nitrogens is 2. The second-order valence-corrected chi connectivity index (χ2v) is 5.19. The third kappa shape index (κ3) is 4.25. The van der Waals surface area contributed by atoms with Gasteiger partial charge in [-0.1, -0.05) is 19.1 Å². The van der Waals surface area contributed by atoms with E-state index in [9.17, 15) is 9.18 Å². The lowest BCUT2D eigenvalue weighted by Gasteiger charge is -2.15. The summed E-state index contributed by atoms with van der Waals surface area (Å²) in [4.78, 5) is 20.6. The summed E-state index contributed by atoms with van der Waals surface area (Å²) in [5.41, 5.74) is 1.95. The average molecular weight is 317 g/mol. The first-order chi connectivity index (χ1) is 11.0. The number of rotatable bonds is 6. The van der Waals surface area contributed by atoms with E-state index in [1.54, 1.807) is 26.1 Å². The summed E-state index contributed by atoms with van der Waals surface area (Å²) in [6.07, 6.45) is 2.11. The Bertz CT molecular complexity index is 674. The summed E-state index contributed by atoms with van der Waals surface area (Å²) in [5.74, 6) is -0.307. The standard InChI is InChI=1S/C17H20FN3O2/c1-4-23-16(22)14-10-20-17(19-3)21-15(14)11(2)9-12-5-7-13(18)8-6-12/h5-8,10-11H,4,9H2,1-3H3,(H,19,20,21). The molecule has 1 N–H and O–H groups in total. The van der Waals surface area contributed by atoms with Gasteiger partial charge in [-0.2, -0.15) is 0 Å². The van der Waals surface area contributed by atoms with Crippen molar-refractivity contribution in [3.63, 3.8) is 0 Å². The van der Waals surface area contributed by atoms with E-state index in [-0.39, 0.29) is 11.7 Å². The maximum Gasteiger partial charge on any atom is 0.341 e. The van der Waals surface area contributed by atoms with E-state index in [4.69, 9.17) is 4.74 Å². The van der Waals surface area contributed by atoms with Crippen LogP contribution in [0.5, 0.6) is 0 Å². The maximum absolute atomic E-state index is 13.0. The lowest BCUT2D eigenvalue weighted by molar-refractivity contribution is 0.0523. The van der Waals surface area contributed by atoms with Gasteiger partial charge in [-0.05, 0) is 31.0 Å². The van der Waals surface area contributed by atoms with Crippen molar-refractivity contribution in [2.45, 2.75) is 26.2 Å². The molecule has 1 aromatic heterocycles. The zero-order valence-corrected chi connectivity index (χ0v) is 13.5. The summed E-state index contributed by atoms with van der Waals surface area (Å²) in [6.45, 7) is 4.01. The van der Waals surface area contributed by atoms with Crippen molar-refractivity contribution in [3.8, 4) is 0 Å². The van der Waals surface area contributed by atoms with E-state index >= 15 is 0 Å². The van der Waals surface area contributed by atoms with E-state index in [2.05, 4.69) is 15.3 Å². The molecule has 0 radical (unpaired) electrons. The van der Waals surface area contributed by atoms with Gasteiger partial charge in [0, 0.05) is 19.2 Å². The Morgan fingerprint density at radius 3 is 2.65 bits per heavy atom. The Hall–Kier alpha value is -2.50. The number of ether oxygens (including phenoxy) is 1. The lowest BCUT2D eigenvalue weighted by Crippen LogP contribution is -2.15. The van der Waals surface area contributed by atoms with Crippen LogP contribution in [-0.2, 0) is 11.2 Å². The fourth-order valence-electron chi connectivity index (χ4n) is 2.33. The number of esters is 1. The first kappa shape index (κ1) is 16.9. The van der Waals surface area contributed by atoms with Crippen LogP contribution in [-0.4, -0.2) is 29.6 Å². The lowest BCUT2D eigenvalue weighted by atomic mass is 9.95. The van der Waals surface area contributed by atoms with E-state index in [1.807, 2.05) is 6.92 Å². The van der Waals surface area contributed by atoms with Crippen LogP contribution in [0.3, 0.4) is 0 Å². The van der Waals surface area contributed by atoms with Gasteiger partial charge in [0.05, 0.1) is 17.9 Å². The van der Waals surface area contributed by atoms with E-state index in [0.717, 1.165) is 5.56 Å². The van der Waals surface area contributed by atoms with Crippen molar-refractivity contribution in [1.29, 1.82) is 0 Å². The van der Waals surface area contributed by atoms with Crippen LogP contribution >= 0.6 is 0 Å². The highest BCUT2D eigenvalue weighted by molar-refractivity contribution is 5.90. The van der Waals surface area contributed by atoms with Crippen molar-refractivity contribution in [2.75, 3.05) is 19.0 Å². The van der Waals surface area contributed by atoms with Gasteiger partial charge in [0.1, 0.15) is 5.82 Å². The molecule has 5 nitrogen and oxygen atoms in total. The normalized spacial score (nSPS) is 11.8. The highest BCUT2D eigenvalue weighted by atomic mass is 19.1. The molecule has 2 aromatic rings. The number of carbonyl (C=O) groups is 1. The van der Waals surface area contributed by atoms with Crippen molar-refractivity contribution in [1.82, 2.24) is 9.97 Å². The van der Waals surface area contributed by atoms with E-state index in [0.29, 0.717) is 30.2 Å². The van der Waals surface area contributed by atoms with Gasteiger partial charge in [-0.3, -0.25) is 0 Å². The zero-order valence-electron chi connectivity index (χ0n) is 13.5. The molecule has 1 heterocycles. The number of carbonyl (C=O) groups excluding carboxylic acids is 1. The monoisotopic (exact) mass is 317 g/mol. The summed E-state index contributed by atoms with van der Waals surface area (Å²) in [5, 5.41) is 2.87. The predicted molar refractivity (Wildman–Crippen MR) is 86.1 cm³/mol. The van der Waals surface area contributed by atoms with Crippen molar-refractivity contribution < 1.29 is 13.9 Å². The van der Waals surface area contributed by atoms with Crippen LogP contribution in [0.1, 0.15) is 41.4 Å².